The zero-order valence-corrected chi connectivity index (χ0v) is 19.1. The van der Waals surface area contributed by atoms with Crippen molar-refractivity contribution in [1.29, 1.82) is 0 Å². The maximum atomic E-state index is 13.0. The first-order valence-corrected chi connectivity index (χ1v) is 11.5. The summed E-state index contributed by atoms with van der Waals surface area (Å²) in [5, 5.41) is 0.719. The van der Waals surface area contributed by atoms with E-state index in [4.69, 9.17) is 4.74 Å². The minimum absolute atomic E-state index is 0.0718. The van der Waals surface area contributed by atoms with E-state index in [0.717, 1.165) is 44.7 Å². The van der Waals surface area contributed by atoms with Gasteiger partial charge in [-0.15, -0.1) is 11.8 Å². The number of thiazole rings is 1. The summed E-state index contributed by atoms with van der Waals surface area (Å²) in [6.45, 7) is 1.35. The normalized spacial score (nSPS) is 11.2. The molecular formula is C22H26FN3O2S2. The van der Waals surface area contributed by atoms with Crippen LogP contribution in [0.3, 0.4) is 0 Å². The molecule has 0 aliphatic carbocycles. The van der Waals surface area contributed by atoms with Crippen LogP contribution in [0.4, 0.5) is 9.52 Å². The summed E-state index contributed by atoms with van der Waals surface area (Å²) < 4.78 is 19.3. The molecule has 30 heavy (non-hydrogen) atoms. The van der Waals surface area contributed by atoms with Crippen molar-refractivity contribution in [3.63, 3.8) is 0 Å². The smallest absolute Gasteiger partial charge is 0.228 e. The van der Waals surface area contributed by atoms with E-state index in [0.29, 0.717) is 13.0 Å². The van der Waals surface area contributed by atoms with Gasteiger partial charge in [0.2, 0.25) is 5.91 Å². The van der Waals surface area contributed by atoms with E-state index >= 15 is 0 Å². The van der Waals surface area contributed by atoms with E-state index in [1.165, 1.54) is 23.5 Å². The lowest BCUT2D eigenvalue weighted by atomic mass is 10.3. The standard InChI is InChI=1S/C22H26FN3O2S2/c1-25(2)12-13-26(22-24-19-11-8-17(28-3)15-20(19)30-22)21(27)5-4-14-29-18-9-6-16(23)7-10-18/h6-11,15H,4-5,12-14H2,1-3H3. The van der Waals surface area contributed by atoms with Crippen molar-refractivity contribution in [2.45, 2.75) is 17.7 Å². The van der Waals surface area contributed by atoms with Gasteiger partial charge in [-0.25, -0.2) is 9.37 Å². The van der Waals surface area contributed by atoms with Crippen molar-refractivity contribution in [1.82, 2.24) is 9.88 Å². The van der Waals surface area contributed by atoms with Gasteiger partial charge < -0.3 is 9.64 Å². The number of fused-ring (bicyclic) bond motifs is 1. The van der Waals surface area contributed by atoms with Crippen LogP contribution in [0.25, 0.3) is 10.2 Å². The summed E-state index contributed by atoms with van der Waals surface area (Å²) in [5.74, 6) is 1.42. The maximum Gasteiger partial charge on any atom is 0.228 e. The Kier molecular flexibility index (Phi) is 8.07. The van der Waals surface area contributed by atoms with Crippen LogP contribution in [0.2, 0.25) is 0 Å². The Hall–Kier alpha value is -2.16. The zero-order chi connectivity index (χ0) is 21.5. The fourth-order valence-corrected chi connectivity index (χ4v) is 4.73. The second-order valence-electron chi connectivity index (χ2n) is 7.08. The number of hydrogen-bond acceptors (Lipinski definition) is 6. The molecule has 2 aromatic carbocycles. The molecule has 0 radical (unpaired) electrons. The van der Waals surface area contributed by atoms with Gasteiger partial charge in [0.05, 0.1) is 17.3 Å². The number of carbonyl (C=O) groups excluding carboxylic acids is 1. The number of benzene rings is 2. The van der Waals surface area contributed by atoms with E-state index in [-0.39, 0.29) is 11.7 Å². The first-order chi connectivity index (χ1) is 14.5. The van der Waals surface area contributed by atoms with Gasteiger partial charge in [-0.05, 0) is 68.7 Å². The molecule has 5 nitrogen and oxygen atoms in total. The van der Waals surface area contributed by atoms with Crippen LogP contribution in [-0.4, -0.2) is 55.8 Å². The summed E-state index contributed by atoms with van der Waals surface area (Å²) in [5.41, 5.74) is 0.866. The average molecular weight is 448 g/mol. The SMILES string of the molecule is COc1ccc2nc(N(CCN(C)C)C(=O)CCCSc3ccc(F)cc3)sc2c1. The molecule has 0 saturated carbocycles. The Morgan fingerprint density at radius 1 is 1.17 bits per heavy atom. The van der Waals surface area contributed by atoms with Crippen LogP contribution in [0.15, 0.2) is 47.4 Å². The molecule has 1 heterocycles. The summed E-state index contributed by atoms with van der Waals surface area (Å²) in [6.07, 6.45) is 1.19. The Bertz CT molecular complexity index is 976. The van der Waals surface area contributed by atoms with Crippen LogP contribution in [0.1, 0.15) is 12.8 Å². The molecule has 160 valence electrons. The highest BCUT2D eigenvalue weighted by atomic mass is 32.2. The molecule has 0 aliphatic rings. The monoisotopic (exact) mass is 447 g/mol. The zero-order valence-electron chi connectivity index (χ0n) is 17.4. The van der Waals surface area contributed by atoms with Crippen molar-refractivity contribution in [3.05, 3.63) is 48.3 Å². The van der Waals surface area contributed by atoms with Crippen molar-refractivity contribution < 1.29 is 13.9 Å². The lowest BCUT2D eigenvalue weighted by molar-refractivity contribution is -0.118. The number of hydrogen-bond donors (Lipinski definition) is 0. The summed E-state index contributed by atoms with van der Waals surface area (Å²) in [7, 11) is 5.62. The minimum atomic E-state index is -0.237. The highest BCUT2D eigenvalue weighted by Gasteiger charge is 2.20. The number of carbonyl (C=O) groups is 1. The molecule has 0 N–H and O–H groups in total. The second-order valence-corrected chi connectivity index (χ2v) is 9.26. The number of aromatic nitrogens is 1. The highest BCUT2D eigenvalue weighted by Crippen LogP contribution is 2.32. The fourth-order valence-electron chi connectivity index (χ4n) is 2.84. The fraction of sp³-hybridized carbons (Fsp3) is 0.364. The molecular weight excluding hydrogens is 421 g/mol. The van der Waals surface area contributed by atoms with Crippen LogP contribution in [0.5, 0.6) is 5.75 Å². The number of rotatable bonds is 10. The molecule has 0 saturated heterocycles. The summed E-state index contributed by atoms with van der Waals surface area (Å²) in [6, 6.07) is 12.2. The minimum Gasteiger partial charge on any atom is -0.497 e. The summed E-state index contributed by atoms with van der Waals surface area (Å²) in [4.78, 5) is 22.5. The summed E-state index contributed by atoms with van der Waals surface area (Å²) >= 11 is 3.14. The predicted molar refractivity (Wildman–Crippen MR) is 123 cm³/mol. The van der Waals surface area contributed by atoms with Crippen molar-refractivity contribution in [3.8, 4) is 5.75 Å². The van der Waals surface area contributed by atoms with E-state index in [1.807, 2.05) is 32.3 Å². The Morgan fingerprint density at radius 3 is 2.63 bits per heavy atom. The molecule has 0 fully saturated rings. The van der Waals surface area contributed by atoms with Crippen LogP contribution in [0, 0.1) is 5.82 Å². The number of halogens is 1. The third-order valence-corrected chi connectivity index (χ3v) is 6.64. The van der Waals surface area contributed by atoms with E-state index in [1.54, 1.807) is 35.9 Å². The maximum absolute atomic E-state index is 13.0. The highest BCUT2D eigenvalue weighted by molar-refractivity contribution is 7.99. The number of amides is 1. The van der Waals surface area contributed by atoms with Gasteiger partial charge >= 0.3 is 0 Å². The van der Waals surface area contributed by atoms with Gasteiger partial charge in [0.25, 0.3) is 0 Å². The van der Waals surface area contributed by atoms with E-state index in [9.17, 15) is 9.18 Å². The molecule has 1 aromatic heterocycles. The van der Waals surface area contributed by atoms with Gasteiger partial charge in [0.1, 0.15) is 11.6 Å². The van der Waals surface area contributed by atoms with Crippen LogP contribution < -0.4 is 9.64 Å². The van der Waals surface area contributed by atoms with Gasteiger partial charge in [-0.2, -0.15) is 0 Å². The predicted octanol–water partition coefficient (Wildman–Crippen LogP) is 4.91. The van der Waals surface area contributed by atoms with E-state index in [2.05, 4.69) is 9.88 Å². The Morgan fingerprint density at radius 2 is 1.93 bits per heavy atom. The lowest BCUT2D eigenvalue weighted by Gasteiger charge is -2.22. The van der Waals surface area contributed by atoms with Gasteiger partial charge in [0, 0.05) is 24.4 Å². The van der Waals surface area contributed by atoms with Gasteiger partial charge in [-0.3, -0.25) is 9.69 Å². The molecule has 3 rings (SSSR count). The first kappa shape index (κ1) is 22.5. The van der Waals surface area contributed by atoms with Crippen LogP contribution in [-0.2, 0) is 4.79 Å². The van der Waals surface area contributed by atoms with Crippen molar-refractivity contribution in [2.75, 3.05) is 44.9 Å². The topological polar surface area (TPSA) is 45.7 Å². The Balaban J connectivity index is 1.64. The lowest BCUT2D eigenvalue weighted by Crippen LogP contribution is -2.36. The number of anilines is 1. The van der Waals surface area contributed by atoms with Crippen molar-refractivity contribution in [2.24, 2.45) is 0 Å². The molecule has 0 atom stereocenters. The number of methoxy groups -OCH3 is 1. The quantitative estimate of drug-likeness (QED) is 0.326. The largest absolute Gasteiger partial charge is 0.497 e. The molecule has 3 aromatic rings. The molecule has 1 amide bonds. The van der Waals surface area contributed by atoms with Gasteiger partial charge in [0.15, 0.2) is 5.13 Å². The molecule has 0 bridgehead atoms. The third kappa shape index (κ3) is 6.17. The van der Waals surface area contributed by atoms with Gasteiger partial charge in [-0.1, -0.05) is 11.3 Å². The Labute approximate surface area is 184 Å². The third-order valence-electron chi connectivity index (χ3n) is 4.50. The number of ether oxygens (including phenoxy) is 1. The number of likely N-dealkylation sites (N-methyl/N-ethyl adjacent to an activating group) is 1. The molecule has 0 spiro atoms. The number of thioether (sulfide) groups is 1. The first-order valence-electron chi connectivity index (χ1n) is 9.74. The molecule has 8 heteroatoms. The second kappa shape index (κ2) is 10.7. The number of nitrogens with zero attached hydrogens (tertiary/aromatic N) is 3. The van der Waals surface area contributed by atoms with Crippen molar-refractivity contribution >= 4 is 44.4 Å². The van der Waals surface area contributed by atoms with Crippen LogP contribution >= 0.6 is 23.1 Å². The molecule has 0 aliphatic heterocycles. The van der Waals surface area contributed by atoms with E-state index < -0.39 is 0 Å². The molecule has 0 unspecified atom stereocenters. The average Bonchev–Trinajstić information content (AvgIpc) is 3.15.